The van der Waals surface area contributed by atoms with Crippen LogP contribution in [0.4, 0.5) is 0 Å². The third-order valence-electron chi connectivity index (χ3n) is 3.49. The van der Waals surface area contributed by atoms with Crippen LogP contribution in [-0.2, 0) is 9.59 Å². The minimum absolute atomic E-state index is 0.0339. The van der Waals surface area contributed by atoms with E-state index >= 15 is 0 Å². The van der Waals surface area contributed by atoms with Gasteiger partial charge in [-0.2, -0.15) is 0 Å². The number of nitrogens with one attached hydrogen (secondary N) is 2. The number of carbonyl (C=O) groups excluding carboxylic acids is 2. The summed E-state index contributed by atoms with van der Waals surface area (Å²) in [6.45, 7) is 5.75. The van der Waals surface area contributed by atoms with Crippen molar-refractivity contribution in [3.05, 3.63) is 0 Å². The first-order chi connectivity index (χ1) is 9.06. The molecular weight excluding hydrogens is 242 g/mol. The molecular formula is C14H27N3O2. The highest BCUT2D eigenvalue weighted by molar-refractivity contribution is 5.87. The minimum Gasteiger partial charge on any atom is -0.357 e. The van der Waals surface area contributed by atoms with Gasteiger partial charge in [-0.3, -0.25) is 9.59 Å². The fraction of sp³-hybridized carbons (Fsp3) is 0.857. The zero-order chi connectivity index (χ0) is 14.3. The first-order valence-corrected chi connectivity index (χ1v) is 7.30. The smallest absolute Gasteiger partial charge is 0.242 e. The van der Waals surface area contributed by atoms with Crippen molar-refractivity contribution >= 4 is 11.8 Å². The molecule has 1 atom stereocenters. The van der Waals surface area contributed by atoms with Crippen LogP contribution in [-0.4, -0.2) is 48.9 Å². The number of hydrogen-bond donors (Lipinski definition) is 2. The molecule has 0 bridgehead atoms. The lowest BCUT2D eigenvalue weighted by Crippen LogP contribution is -2.51. The molecule has 5 nitrogen and oxygen atoms in total. The summed E-state index contributed by atoms with van der Waals surface area (Å²) >= 11 is 0. The van der Waals surface area contributed by atoms with Gasteiger partial charge in [-0.1, -0.05) is 13.8 Å². The largest absolute Gasteiger partial charge is 0.357 e. The summed E-state index contributed by atoms with van der Waals surface area (Å²) < 4.78 is 0. The Morgan fingerprint density at radius 2 is 2.05 bits per heavy atom. The van der Waals surface area contributed by atoms with E-state index in [1.807, 2.05) is 0 Å². The second-order valence-corrected chi connectivity index (χ2v) is 5.43. The van der Waals surface area contributed by atoms with Gasteiger partial charge in [0, 0.05) is 26.1 Å². The van der Waals surface area contributed by atoms with Gasteiger partial charge in [0.25, 0.3) is 0 Å². The summed E-state index contributed by atoms with van der Waals surface area (Å²) in [6, 6.07) is 0.188. The molecule has 0 aromatic rings. The fourth-order valence-corrected chi connectivity index (χ4v) is 2.44. The molecule has 2 N–H and O–H groups in total. The van der Waals surface area contributed by atoms with E-state index in [1.54, 1.807) is 11.9 Å². The fourth-order valence-electron chi connectivity index (χ4n) is 2.44. The molecule has 0 radical (unpaired) electrons. The van der Waals surface area contributed by atoms with Crippen LogP contribution in [0.15, 0.2) is 0 Å². The Morgan fingerprint density at radius 3 is 2.68 bits per heavy atom. The Kier molecular flexibility index (Phi) is 6.84. The van der Waals surface area contributed by atoms with Crippen molar-refractivity contribution in [2.75, 3.05) is 20.1 Å². The Labute approximate surface area is 116 Å². The summed E-state index contributed by atoms with van der Waals surface area (Å²) in [6.07, 6.45) is 4.16. The van der Waals surface area contributed by atoms with Crippen LogP contribution in [0, 0.1) is 0 Å². The lowest BCUT2D eigenvalue weighted by atomic mass is 10.0. The van der Waals surface area contributed by atoms with Gasteiger partial charge in [0.2, 0.25) is 11.8 Å². The van der Waals surface area contributed by atoms with E-state index in [4.69, 9.17) is 0 Å². The molecule has 1 aliphatic rings. The monoisotopic (exact) mass is 269 g/mol. The molecule has 0 spiro atoms. The molecule has 1 fully saturated rings. The molecule has 1 saturated heterocycles. The molecule has 1 unspecified atom stereocenters. The minimum atomic E-state index is -0.260. The highest BCUT2D eigenvalue weighted by Gasteiger charge is 2.30. The van der Waals surface area contributed by atoms with E-state index in [0.717, 1.165) is 32.2 Å². The van der Waals surface area contributed by atoms with Crippen LogP contribution in [0.5, 0.6) is 0 Å². The Morgan fingerprint density at radius 1 is 1.32 bits per heavy atom. The summed E-state index contributed by atoms with van der Waals surface area (Å²) in [5, 5.41) is 5.96. The molecule has 0 aromatic carbocycles. The molecule has 19 heavy (non-hydrogen) atoms. The van der Waals surface area contributed by atoms with E-state index in [9.17, 15) is 9.59 Å². The normalized spacial score (nSPS) is 19.6. The number of nitrogens with zero attached hydrogens (tertiary/aromatic N) is 1. The lowest BCUT2D eigenvalue weighted by Gasteiger charge is -2.34. The van der Waals surface area contributed by atoms with Gasteiger partial charge >= 0.3 is 0 Å². The summed E-state index contributed by atoms with van der Waals surface area (Å²) in [5.41, 5.74) is 0. The van der Waals surface area contributed by atoms with Gasteiger partial charge in [-0.25, -0.2) is 0 Å². The molecule has 110 valence electrons. The van der Waals surface area contributed by atoms with Gasteiger partial charge < -0.3 is 15.5 Å². The Bertz CT molecular complexity index is 305. The Balaban J connectivity index is 2.41. The predicted octanol–water partition coefficient (Wildman–Crippen LogP) is 0.892. The van der Waals surface area contributed by atoms with Crippen molar-refractivity contribution in [2.24, 2.45) is 0 Å². The number of likely N-dealkylation sites (N-methyl/N-ethyl adjacent to an activating group) is 1. The molecule has 0 aliphatic carbocycles. The number of likely N-dealkylation sites (tertiary alicyclic amines) is 1. The van der Waals surface area contributed by atoms with Crippen LogP contribution in [0.25, 0.3) is 0 Å². The molecule has 5 heteroatoms. The van der Waals surface area contributed by atoms with Crippen LogP contribution in [0.1, 0.15) is 46.0 Å². The number of piperidine rings is 1. The number of hydrogen-bond acceptors (Lipinski definition) is 3. The predicted molar refractivity (Wildman–Crippen MR) is 75.8 cm³/mol. The van der Waals surface area contributed by atoms with Crippen molar-refractivity contribution in [1.82, 2.24) is 15.5 Å². The van der Waals surface area contributed by atoms with Gasteiger partial charge in [0.1, 0.15) is 6.04 Å². The molecule has 0 aromatic heterocycles. The quantitative estimate of drug-likeness (QED) is 0.704. The maximum absolute atomic E-state index is 12.2. The topological polar surface area (TPSA) is 61.4 Å². The SMILES string of the molecule is CNC(=O)C1CCCCN1C(=O)CCCNC(C)C. The van der Waals surface area contributed by atoms with Crippen LogP contribution in [0.3, 0.4) is 0 Å². The van der Waals surface area contributed by atoms with Crippen molar-refractivity contribution in [2.45, 2.75) is 58.0 Å². The van der Waals surface area contributed by atoms with E-state index < -0.39 is 0 Å². The average Bonchev–Trinajstić information content (AvgIpc) is 2.42. The molecule has 1 aliphatic heterocycles. The molecule has 1 heterocycles. The van der Waals surface area contributed by atoms with Gasteiger partial charge in [0.05, 0.1) is 0 Å². The van der Waals surface area contributed by atoms with Crippen molar-refractivity contribution < 1.29 is 9.59 Å². The van der Waals surface area contributed by atoms with E-state index in [-0.39, 0.29) is 17.9 Å². The van der Waals surface area contributed by atoms with Crippen molar-refractivity contribution in [1.29, 1.82) is 0 Å². The van der Waals surface area contributed by atoms with Crippen molar-refractivity contribution in [3.63, 3.8) is 0 Å². The highest BCUT2D eigenvalue weighted by Crippen LogP contribution is 2.18. The lowest BCUT2D eigenvalue weighted by molar-refractivity contribution is -0.142. The van der Waals surface area contributed by atoms with E-state index in [0.29, 0.717) is 19.0 Å². The summed E-state index contributed by atoms with van der Waals surface area (Å²) in [7, 11) is 1.63. The number of rotatable bonds is 6. The van der Waals surface area contributed by atoms with Crippen LogP contribution < -0.4 is 10.6 Å². The van der Waals surface area contributed by atoms with Gasteiger partial charge in [0.15, 0.2) is 0 Å². The van der Waals surface area contributed by atoms with Crippen molar-refractivity contribution in [3.8, 4) is 0 Å². The second-order valence-electron chi connectivity index (χ2n) is 5.43. The van der Waals surface area contributed by atoms with Gasteiger partial charge in [-0.15, -0.1) is 0 Å². The van der Waals surface area contributed by atoms with Gasteiger partial charge in [-0.05, 0) is 32.2 Å². The van der Waals surface area contributed by atoms with Crippen LogP contribution >= 0.6 is 0 Å². The zero-order valence-electron chi connectivity index (χ0n) is 12.4. The van der Waals surface area contributed by atoms with E-state index in [1.165, 1.54) is 0 Å². The maximum atomic E-state index is 12.2. The molecule has 1 rings (SSSR count). The summed E-state index contributed by atoms with van der Waals surface area (Å²) in [5.74, 6) is 0.0761. The maximum Gasteiger partial charge on any atom is 0.242 e. The molecule has 2 amide bonds. The number of carbonyl (C=O) groups is 2. The second kappa shape index (κ2) is 8.15. The third-order valence-corrected chi connectivity index (χ3v) is 3.49. The first kappa shape index (κ1) is 16.0. The highest BCUT2D eigenvalue weighted by atomic mass is 16.2. The zero-order valence-corrected chi connectivity index (χ0v) is 12.4. The average molecular weight is 269 g/mol. The van der Waals surface area contributed by atoms with E-state index in [2.05, 4.69) is 24.5 Å². The first-order valence-electron chi connectivity index (χ1n) is 7.30. The molecule has 0 saturated carbocycles. The third kappa shape index (κ3) is 5.19. The standard InChI is InChI=1S/C14H27N3O2/c1-11(2)16-9-6-8-13(18)17-10-5-4-7-12(17)14(19)15-3/h11-12,16H,4-10H2,1-3H3,(H,15,19). The summed E-state index contributed by atoms with van der Waals surface area (Å²) in [4.78, 5) is 25.7. The van der Waals surface area contributed by atoms with Crippen LogP contribution in [0.2, 0.25) is 0 Å². The Hall–Kier alpha value is -1.10. The number of amides is 2.